The predicted octanol–water partition coefficient (Wildman–Crippen LogP) is 3.70. The molecule has 0 spiro atoms. The smallest absolute Gasteiger partial charge is 0.390 e. The number of alkyl halides is 3. The maximum Gasteiger partial charge on any atom is 0.390 e. The van der Waals surface area contributed by atoms with Crippen LogP contribution in [-0.4, -0.2) is 36.7 Å². The van der Waals surface area contributed by atoms with Crippen molar-refractivity contribution in [1.82, 2.24) is 4.90 Å². The lowest BCUT2D eigenvalue weighted by Gasteiger charge is -2.37. The van der Waals surface area contributed by atoms with Gasteiger partial charge in [0.15, 0.2) is 0 Å². The van der Waals surface area contributed by atoms with E-state index >= 15 is 0 Å². The first-order chi connectivity index (χ1) is 9.42. The van der Waals surface area contributed by atoms with E-state index < -0.39 is 12.6 Å². The third kappa shape index (κ3) is 3.45. The fourth-order valence-electron chi connectivity index (χ4n) is 2.14. The van der Waals surface area contributed by atoms with Gasteiger partial charge in [0, 0.05) is 12.6 Å². The molecule has 1 fully saturated rings. The van der Waals surface area contributed by atoms with Crippen LogP contribution in [0.2, 0.25) is 0 Å². The van der Waals surface area contributed by atoms with Crippen LogP contribution < -0.4 is 4.74 Å². The van der Waals surface area contributed by atoms with Crippen molar-refractivity contribution in [3.8, 4) is 5.75 Å². The Hall–Kier alpha value is -1.24. The molecule has 1 aliphatic carbocycles. The molecule has 0 aliphatic heterocycles. The summed E-state index contributed by atoms with van der Waals surface area (Å²) in [5, 5.41) is 1.70. The summed E-state index contributed by atoms with van der Waals surface area (Å²) in [6, 6.07) is 1.58. The van der Waals surface area contributed by atoms with Crippen LogP contribution in [0.25, 0.3) is 0 Å². The lowest BCUT2D eigenvalue weighted by atomic mass is 9.91. The molecule has 0 saturated heterocycles. The summed E-state index contributed by atoms with van der Waals surface area (Å²) in [5.41, 5.74) is 0. The Morgan fingerprint density at radius 1 is 1.50 bits per heavy atom. The second kappa shape index (κ2) is 6.03. The first-order valence-corrected chi connectivity index (χ1v) is 7.29. The van der Waals surface area contributed by atoms with E-state index in [1.165, 1.54) is 23.3 Å². The van der Waals surface area contributed by atoms with Gasteiger partial charge in [-0.15, -0.1) is 11.3 Å². The molecule has 0 unspecified atom stereocenters. The Kier molecular flexibility index (Phi) is 4.57. The third-order valence-corrected chi connectivity index (χ3v) is 4.34. The van der Waals surface area contributed by atoms with Gasteiger partial charge in [-0.05, 0) is 30.7 Å². The molecule has 1 saturated carbocycles. The van der Waals surface area contributed by atoms with Gasteiger partial charge in [-0.1, -0.05) is 0 Å². The van der Waals surface area contributed by atoms with Gasteiger partial charge in [-0.25, -0.2) is 0 Å². The summed E-state index contributed by atoms with van der Waals surface area (Å²) < 4.78 is 42.3. The fraction of sp³-hybridized carbons (Fsp3) is 0.615. The number of thiophene rings is 1. The molecule has 1 heterocycles. The number of rotatable bonds is 5. The van der Waals surface area contributed by atoms with Crippen molar-refractivity contribution < 1.29 is 22.7 Å². The third-order valence-electron chi connectivity index (χ3n) is 3.46. The van der Waals surface area contributed by atoms with E-state index in [0.717, 1.165) is 19.3 Å². The number of carbonyl (C=O) groups excluding carboxylic acids is 1. The molecule has 112 valence electrons. The highest BCUT2D eigenvalue weighted by atomic mass is 32.1. The number of nitrogens with zero attached hydrogens (tertiary/aromatic N) is 1. The van der Waals surface area contributed by atoms with Gasteiger partial charge >= 0.3 is 6.18 Å². The monoisotopic (exact) mass is 307 g/mol. The second-order valence-corrected chi connectivity index (χ2v) is 5.68. The Balaban J connectivity index is 2.11. The van der Waals surface area contributed by atoms with E-state index in [9.17, 15) is 18.0 Å². The van der Waals surface area contributed by atoms with Gasteiger partial charge in [0.05, 0.1) is 13.5 Å². The predicted molar refractivity (Wildman–Crippen MR) is 70.2 cm³/mol. The zero-order valence-electron chi connectivity index (χ0n) is 11.1. The molecule has 3 nitrogen and oxygen atoms in total. The van der Waals surface area contributed by atoms with Crippen LogP contribution in [0.5, 0.6) is 5.75 Å². The lowest BCUT2D eigenvalue weighted by molar-refractivity contribution is -0.138. The molecule has 0 bridgehead atoms. The minimum atomic E-state index is -4.25. The van der Waals surface area contributed by atoms with Gasteiger partial charge in [0.25, 0.3) is 5.91 Å². The maximum atomic E-state index is 12.4. The number of methoxy groups -OCH3 is 1. The largest absolute Gasteiger partial charge is 0.495 e. The standard InChI is InChI=1S/C13H16F3NO2S/c1-19-10-5-8-20-11(10)12(18)17(9-3-2-4-9)7-6-13(14,15)16/h5,8-9H,2-4,6-7H2,1H3. The van der Waals surface area contributed by atoms with Crippen LogP contribution >= 0.6 is 11.3 Å². The molecule has 0 aromatic carbocycles. The van der Waals surface area contributed by atoms with Crippen molar-refractivity contribution in [2.45, 2.75) is 37.9 Å². The molecule has 0 atom stereocenters. The Labute approximate surface area is 119 Å². The molecule has 0 N–H and O–H groups in total. The van der Waals surface area contributed by atoms with E-state index in [-0.39, 0.29) is 18.5 Å². The number of halogens is 3. The highest BCUT2D eigenvalue weighted by molar-refractivity contribution is 7.12. The van der Waals surface area contributed by atoms with Crippen molar-refractivity contribution >= 4 is 17.2 Å². The van der Waals surface area contributed by atoms with Crippen LogP contribution in [-0.2, 0) is 0 Å². The zero-order valence-corrected chi connectivity index (χ0v) is 11.9. The van der Waals surface area contributed by atoms with Crippen LogP contribution in [0.15, 0.2) is 11.4 Å². The number of hydrogen-bond acceptors (Lipinski definition) is 3. The molecular weight excluding hydrogens is 291 g/mol. The van der Waals surface area contributed by atoms with Crippen LogP contribution in [0.4, 0.5) is 13.2 Å². The van der Waals surface area contributed by atoms with Gasteiger partial charge in [0.1, 0.15) is 10.6 Å². The second-order valence-electron chi connectivity index (χ2n) is 4.77. The number of amides is 1. The molecule has 2 rings (SSSR count). The van der Waals surface area contributed by atoms with Crippen molar-refractivity contribution in [1.29, 1.82) is 0 Å². The van der Waals surface area contributed by atoms with E-state index in [1.807, 2.05) is 0 Å². The average molecular weight is 307 g/mol. The first-order valence-electron chi connectivity index (χ1n) is 6.41. The summed E-state index contributed by atoms with van der Waals surface area (Å²) >= 11 is 1.20. The summed E-state index contributed by atoms with van der Waals surface area (Å²) in [5.74, 6) is 0.0714. The van der Waals surface area contributed by atoms with Gasteiger partial charge in [-0.2, -0.15) is 13.2 Å². The highest BCUT2D eigenvalue weighted by Crippen LogP contribution is 2.32. The van der Waals surface area contributed by atoms with Gasteiger partial charge in [-0.3, -0.25) is 4.79 Å². The maximum absolute atomic E-state index is 12.4. The molecular formula is C13H16F3NO2S. The molecule has 1 aromatic heterocycles. The lowest BCUT2D eigenvalue weighted by Crippen LogP contribution is -2.45. The van der Waals surface area contributed by atoms with E-state index in [0.29, 0.717) is 10.6 Å². The molecule has 0 radical (unpaired) electrons. The summed E-state index contributed by atoms with van der Waals surface area (Å²) in [6.07, 6.45) is -2.71. The molecule has 7 heteroatoms. The number of carbonyl (C=O) groups is 1. The highest BCUT2D eigenvalue weighted by Gasteiger charge is 2.35. The summed E-state index contributed by atoms with van der Waals surface area (Å²) in [7, 11) is 1.45. The fourth-order valence-corrected chi connectivity index (χ4v) is 2.95. The average Bonchev–Trinajstić information content (AvgIpc) is 2.77. The van der Waals surface area contributed by atoms with Crippen molar-refractivity contribution in [2.75, 3.05) is 13.7 Å². The number of ether oxygens (including phenoxy) is 1. The Bertz CT molecular complexity index is 468. The van der Waals surface area contributed by atoms with Gasteiger partial charge < -0.3 is 9.64 Å². The molecule has 1 aliphatic rings. The number of hydrogen-bond donors (Lipinski definition) is 0. The van der Waals surface area contributed by atoms with E-state index in [4.69, 9.17) is 4.74 Å². The van der Waals surface area contributed by atoms with Crippen molar-refractivity contribution in [3.63, 3.8) is 0 Å². The first kappa shape index (κ1) is 15.2. The van der Waals surface area contributed by atoms with E-state index in [2.05, 4.69) is 0 Å². The molecule has 1 amide bonds. The Morgan fingerprint density at radius 2 is 2.20 bits per heavy atom. The minimum Gasteiger partial charge on any atom is -0.495 e. The minimum absolute atomic E-state index is 0.0725. The van der Waals surface area contributed by atoms with E-state index in [1.54, 1.807) is 11.4 Å². The van der Waals surface area contributed by atoms with Crippen LogP contribution in [0.3, 0.4) is 0 Å². The summed E-state index contributed by atoms with van der Waals surface area (Å²) in [6.45, 7) is -0.284. The van der Waals surface area contributed by atoms with Crippen LogP contribution in [0.1, 0.15) is 35.4 Å². The van der Waals surface area contributed by atoms with Gasteiger partial charge in [0.2, 0.25) is 0 Å². The topological polar surface area (TPSA) is 29.5 Å². The summed E-state index contributed by atoms with van der Waals surface area (Å²) in [4.78, 5) is 14.2. The van der Waals surface area contributed by atoms with Crippen LogP contribution in [0, 0.1) is 0 Å². The SMILES string of the molecule is COc1ccsc1C(=O)N(CCC(F)(F)F)C1CCC1. The Morgan fingerprint density at radius 3 is 2.70 bits per heavy atom. The molecule has 1 aromatic rings. The van der Waals surface area contributed by atoms with Crippen molar-refractivity contribution in [3.05, 3.63) is 16.3 Å². The van der Waals surface area contributed by atoms with Crippen molar-refractivity contribution in [2.24, 2.45) is 0 Å². The zero-order chi connectivity index (χ0) is 14.8. The molecule has 20 heavy (non-hydrogen) atoms. The normalized spacial score (nSPS) is 15.8. The quantitative estimate of drug-likeness (QED) is 0.830.